The molecule has 1 unspecified atom stereocenters. The topological polar surface area (TPSA) is 111 Å². The molecule has 7 nitrogen and oxygen atoms in total. The summed E-state index contributed by atoms with van der Waals surface area (Å²) in [6.45, 7) is 1.56. The summed E-state index contributed by atoms with van der Waals surface area (Å²) in [7, 11) is 0. The SMILES string of the molecule is CC(O)C1=CC(=N)/C(=C(/NC(=O)c2cc(-c3ncccn3)c(C(F)(F)F)cc2Cl)Nc2ccccc2)C=C1. The molecule has 1 amide bonds. The van der Waals surface area contributed by atoms with E-state index in [-0.39, 0.29) is 28.5 Å². The Labute approximate surface area is 220 Å². The van der Waals surface area contributed by atoms with Gasteiger partial charge in [-0.3, -0.25) is 4.79 Å². The van der Waals surface area contributed by atoms with Crippen molar-refractivity contribution in [1.82, 2.24) is 15.3 Å². The number of alkyl halides is 3. The maximum atomic E-state index is 13.8. The molecule has 0 saturated carbocycles. The minimum atomic E-state index is -4.77. The highest BCUT2D eigenvalue weighted by molar-refractivity contribution is 6.34. The molecule has 194 valence electrons. The second-order valence-electron chi connectivity index (χ2n) is 8.25. The fourth-order valence-electron chi connectivity index (χ4n) is 3.66. The largest absolute Gasteiger partial charge is 0.417 e. The van der Waals surface area contributed by atoms with Crippen molar-refractivity contribution in [2.24, 2.45) is 0 Å². The molecule has 1 atom stereocenters. The number of carbonyl (C=O) groups is 1. The van der Waals surface area contributed by atoms with Crippen LogP contribution in [0.3, 0.4) is 0 Å². The van der Waals surface area contributed by atoms with Gasteiger partial charge in [0.15, 0.2) is 5.82 Å². The monoisotopic (exact) mass is 539 g/mol. The fraction of sp³-hybridized carbons (Fsp3) is 0.111. The molecular weight excluding hydrogens is 519 g/mol. The second kappa shape index (κ2) is 11.0. The highest BCUT2D eigenvalue weighted by atomic mass is 35.5. The van der Waals surface area contributed by atoms with E-state index in [0.29, 0.717) is 17.3 Å². The number of anilines is 1. The van der Waals surface area contributed by atoms with E-state index in [1.54, 1.807) is 49.4 Å². The molecule has 0 saturated heterocycles. The van der Waals surface area contributed by atoms with E-state index in [1.807, 2.05) is 0 Å². The first kappa shape index (κ1) is 26.8. The van der Waals surface area contributed by atoms with Gasteiger partial charge in [-0.25, -0.2) is 9.97 Å². The third-order valence-corrected chi connectivity index (χ3v) is 5.85. The number of hydrogen-bond donors (Lipinski definition) is 4. The summed E-state index contributed by atoms with van der Waals surface area (Å²) in [5.41, 5.74) is -0.380. The molecule has 4 N–H and O–H groups in total. The molecule has 0 bridgehead atoms. The van der Waals surface area contributed by atoms with Gasteiger partial charge in [0.2, 0.25) is 0 Å². The maximum absolute atomic E-state index is 13.8. The maximum Gasteiger partial charge on any atom is 0.417 e. The van der Waals surface area contributed by atoms with Gasteiger partial charge < -0.3 is 21.1 Å². The van der Waals surface area contributed by atoms with Crippen molar-refractivity contribution in [2.45, 2.75) is 19.2 Å². The number of carbonyl (C=O) groups excluding carboxylic acids is 1. The zero-order valence-corrected chi connectivity index (χ0v) is 20.6. The summed E-state index contributed by atoms with van der Waals surface area (Å²) in [4.78, 5) is 21.2. The summed E-state index contributed by atoms with van der Waals surface area (Å²) in [6.07, 6.45) is 1.61. The predicted molar refractivity (Wildman–Crippen MR) is 139 cm³/mol. The summed E-state index contributed by atoms with van der Waals surface area (Å²) >= 11 is 6.17. The Hall–Kier alpha value is -4.28. The van der Waals surface area contributed by atoms with Crippen LogP contribution in [0.5, 0.6) is 0 Å². The van der Waals surface area contributed by atoms with E-state index in [2.05, 4.69) is 20.6 Å². The van der Waals surface area contributed by atoms with Crippen molar-refractivity contribution in [3.05, 3.63) is 112 Å². The van der Waals surface area contributed by atoms with E-state index < -0.39 is 34.3 Å². The molecule has 1 aromatic heterocycles. The van der Waals surface area contributed by atoms with Crippen LogP contribution in [0.15, 0.2) is 96.1 Å². The quantitative estimate of drug-likeness (QED) is 0.318. The Morgan fingerprint density at radius 2 is 1.76 bits per heavy atom. The van der Waals surface area contributed by atoms with E-state index in [1.165, 1.54) is 24.5 Å². The van der Waals surface area contributed by atoms with Gasteiger partial charge in [-0.05, 0) is 55.0 Å². The van der Waals surface area contributed by atoms with Gasteiger partial charge in [-0.15, -0.1) is 0 Å². The molecule has 4 rings (SSSR count). The Morgan fingerprint density at radius 1 is 1.08 bits per heavy atom. The minimum absolute atomic E-state index is 0.000906. The Kier molecular flexibility index (Phi) is 7.75. The Bertz CT molecular complexity index is 1470. The predicted octanol–water partition coefficient (Wildman–Crippen LogP) is 5.77. The van der Waals surface area contributed by atoms with Crippen LogP contribution in [0.25, 0.3) is 11.4 Å². The van der Waals surface area contributed by atoms with Gasteiger partial charge in [-0.2, -0.15) is 13.2 Å². The van der Waals surface area contributed by atoms with Crippen LogP contribution in [0.2, 0.25) is 5.02 Å². The highest BCUT2D eigenvalue weighted by Gasteiger charge is 2.36. The molecule has 2 aromatic carbocycles. The number of aromatic nitrogens is 2. The molecule has 0 fully saturated rings. The van der Waals surface area contributed by atoms with Crippen LogP contribution in [-0.2, 0) is 6.18 Å². The second-order valence-corrected chi connectivity index (χ2v) is 8.66. The molecule has 0 aliphatic heterocycles. The lowest BCUT2D eigenvalue weighted by Gasteiger charge is -2.20. The van der Waals surface area contributed by atoms with Crippen LogP contribution in [0.4, 0.5) is 18.9 Å². The van der Waals surface area contributed by atoms with E-state index in [0.717, 1.165) is 6.07 Å². The minimum Gasteiger partial charge on any atom is -0.389 e. The molecule has 1 heterocycles. The van der Waals surface area contributed by atoms with Crippen LogP contribution in [0.1, 0.15) is 22.8 Å². The third-order valence-electron chi connectivity index (χ3n) is 5.54. The number of allylic oxidation sites excluding steroid dienone is 3. The van der Waals surface area contributed by atoms with Crippen molar-refractivity contribution in [2.75, 3.05) is 5.32 Å². The number of amides is 1. The zero-order chi connectivity index (χ0) is 27.4. The number of para-hydroxylation sites is 1. The smallest absolute Gasteiger partial charge is 0.389 e. The molecule has 3 aromatic rings. The van der Waals surface area contributed by atoms with E-state index in [4.69, 9.17) is 17.0 Å². The van der Waals surface area contributed by atoms with Crippen molar-refractivity contribution >= 4 is 28.9 Å². The average molecular weight is 540 g/mol. The molecule has 11 heteroatoms. The summed E-state index contributed by atoms with van der Waals surface area (Å²) in [5.74, 6) is -0.950. The lowest BCUT2D eigenvalue weighted by Crippen LogP contribution is -2.30. The van der Waals surface area contributed by atoms with Gasteiger partial charge in [0.1, 0.15) is 5.82 Å². The number of rotatable bonds is 6. The zero-order valence-electron chi connectivity index (χ0n) is 19.8. The van der Waals surface area contributed by atoms with Gasteiger partial charge >= 0.3 is 6.18 Å². The molecule has 0 radical (unpaired) electrons. The van der Waals surface area contributed by atoms with Crippen molar-refractivity contribution in [3.8, 4) is 11.4 Å². The van der Waals surface area contributed by atoms with Crippen molar-refractivity contribution in [3.63, 3.8) is 0 Å². The van der Waals surface area contributed by atoms with Gasteiger partial charge in [0.05, 0.1) is 28.0 Å². The third kappa shape index (κ3) is 5.99. The summed E-state index contributed by atoms with van der Waals surface area (Å²) < 4.78 is 41.4. The van der Waals surface area contributed by atoms with E-state index in [9.17, 15) is 23.1 Å². The average Bonchev–Trinajstić information content (AvgIpc) is 2.88. The number of hydrogen-bond acceptors (Lipinski definition) is 6. The van der Waals surface area contributed by atoms with Crippen molar-refractivity contribution < 1.29 is 23.1 Å². The first-order valence-electron chi connectivity index (χ1n) is 11.3. The number of halogens is 4. The van der Waals surface area contributed by atoms with Crippen LogP contribution < -0.4 is 10.6 Å². The first-order valence-corrected chi connectivity index (χ1v) is 11.6. The highest BCUT2D eigenvalue weighted by Crippen LogP contribution is 2.39. The lowest BCUT2D eigenvalue weighted by molar-refractivity contribution is -0.137. The molecule has 1 aliphatic carbocycles. The molecular formula is C27H21ClF3N5O2. The molecule has 0 spiro atoms. The fourth-order valence-corrected chi connectivity index (χ4v) is 3.91. The Morgan fingerprint density at radius 3 is 2.37 bits per heavy atom. The number of nitrogens with one attached hydrogen (secondary N) is 3. The number of aliphatic hydroxyl groups excluding tert-OH is 1. The van der Waals surface area contributed by atoms with Gasteiger partial charge in [0.25, 0.3) is 5.91 Å². The number of benzene rings is 2. The van der Waals surface area contributed by atoms with Crippen LogP contribution in [0, 0.1) is 5.41 Å². The van der Waals surface area contributed by atoms with Crippen molar-refractivity contribution in [1.29, 1.82) is 5.41 Å². The standard InChI is InChI=1S/C27H21ClF3N5O2/c1-15(37)16-8-9-18(23(32)12-16)25(35-17-6-3-2-4-7-17)36-26(38)20-13-19(24-33-10-5-11-34-24)21(14-22(20)28)27(29,30)31/h2-15,32,35,37H,1H3,(H,36,38)/b25-18+,32-23?. The van der Waals surface area contributed by atoms with Crippen LogP contribution >= 0.6 is 11.6 Å². The van der Waals surface area contributed by atoms with Gasteiger partial charge in [0, 0.05) is 29.2 Å². The van der Waals surface area contributed by atoms with Crippen LogP contribution in [-0.4, -0.2) is 32.8 Å². The lowest BCUT2D eigenvalue weighted by atomic mass is 9.97. The summed E-state index contributed by atoms with van der Waals surface area (Å²) in [5, 5.41) is 23.6. The Balaban J connectivity index is 1.77. The molecule has 1 aliphatic rings. The normalized spacial score (nSPS) is 15.5. The first-order chi connectivity index (χ1) is 18.0. The number of aliphatic hydroxyl groups is 1. The molecule has 38 heavy (non-hydrogen) atoms. The van der Waals surface area contributed by atoms with Gasteiger partial charge in [-0.1, -0.05) is 35.9 Å². The van der Waals surface area contributed by atoms with E-state index >= 15 is 0 Å². The summed E-state index contributed by atoms with van der Waals surface area (Å²) in [6, 6.07) is 11.9. The number of nitrogens with zero attached hydrogens (tertiary/aromatic N) is 2.